The molecule has 0 aromatic carbocycles. The van der Waals surface area contributed by atoms with Crippen LogP contribution < -0.4 is 0 Å². The van der Waals surface area contributed by atoms with Crippen LogP contribution in [0.15, 0.2) is 0 Å². The lowest BCUT2D eigenvalue weighted by atomic mass is 9.84. The number of hydrogen-bond donors (Lipinski definition) is 1. The van der Waals surface area contributed by atoms with Crippen LogP contribution in [0.3, 0.4) is 0 Å². The molecule has 20 heavy (non-hydrogen) atoms. The summed E-state index contributed by atoms with van der Waals surface area (Å²) in [4.78, 5) is 0. The zero-order valence-electron chi connectivity index (χ0n) is 12.5. The third kappa shape index (κ3) is 7.52. The number of rotatable bonds is 14. The van der Waals surface area contributed by atoms with E-state index in [2.05, 4.69) is 6.92 Å². The molecule has 0 aromatic heterocycles. The highest BCUT2D eigenvalue weighted by Gasteiger charge is 2.36. The summed E-state index contributed by atoms with van der Waals surface area (Å²) < 4.78 is 26.6. The minimum Gasteiger partial charge on any atom is -0.394 e. The molecule has 1 fully saturated rings. The van der Waals surface area contributed by atoms with Gasteiger partial charge in [0.15, 0.2) is 0 Å². The molecule has 1 saturated heterocycles. The van der Waals surface area contributed by atoms with Crippen molar-refractivity contribution in [3.05, 3.63) is 0 Å². The molecule has 6 nitrogen and oxygen atoms in total. The fourth-order valence-corrected chi connectivity index (χ4v) is 1.79. The Bertz CT molecular complexity index is 214. The molecule has 1 heterocycles. The van der Waals surface area contributed by atoms with Gasteiger partial charge in [-0.15, -0.1) is 0 Å². The van der Waals surface area contributed by atoms with Crippen LogP contribution in [-0.4, -0.2) is 77.8 Å². The average Bonchev–Trinajstić information content (AvgIpc) is 2.42. The molecule has 0 radical (unpaired) electrons. The van der Waals surface area contributed by atoms with Crippen molar-refractivity contribution < 1.29 is 28.8 Å². The zero-order chi connectivity index (χ0) is 14.5. The van der Waals surface area contributed by atoms with Gasteiger partial charge in [-0.05, 0) is 6.42 Å². The lowest BCUT2D eigenvalue weighted by molar-refractivity contribution is -0.153. The third-order valence-electron chi connectivity index (χ3n) is 3.33. The Balaban J connectivity index is 1.74. The highest BCUT2D eigenvalue weighted by Crippen LogP contribution is 2.31. The molecule has 0 aliphatic carbocycles. The van der Waals surface area contributed by atoms with E-state index in [-0.39, 0.29) is 12.0 Å². The van der Waals surface area contributed by atoms with Crippen LogP contribution in [-0.2, 0) is 23.7 Å². The number of aliphatic hydroxyl groups is 1. The lowest BCUT2D eigenvalue weighted by Crippen LogP contribution is -2.45. The van der Waals surface area contributed by atoms with Gasteiger partial charge in [0.1, 0.15) is 0 Å². The first-order valence-electron chi connectivity index (χ1n) is 7.32. The van der Waals surface area contributed by atoms with E-state index in [0.717, 1.165) is 26.2 Å². The predicted molar refractivity (Wildman–Crippen MR) is 73.9 cm³/mol. The van der Waals surface area contributed by atoms with Gasteiger partial charge in [-0.1, -0.05) is 6.92 Å². The van der Waals surface area contributed by atoms with Gasteiger partial charge in [-0.25, -0.2) is 0 Å². The van der Waals surface area contributed by atoms with E-state index in [1.165, 1.54) is 0 Å². The van der Waals surface area contributed by atoms with Crippen LogP contribution in [0.4, 0.5) is 0 Å². The Hall–Kier alpha value is -0.240. The lowest BCUT2D eigenvalue weighted by Gasteiger charge is -2.40. The number of aliphatic hydroxyl groups excluding tert-OH is 1. The smallest absolute Gasteiger partial charge is 0.0701 e. The van der Waals surface area contributed by atoms with Gasteiger partial charge in [-0.2, -0.15) is 0 Å². The monoisotopic (exact) mass is 292 g/mol. The highest BCUT2D eigenvalue weighted by molar-refractivity contribution is 4.83. The first-order chi connectivity index (χ1) is 9.83. The number of ether oxygens (including phenoxy) is 5. The molecule has 0 unspecified atom stereocenters. The highest BCUT2D eigenvalue weighted by atomic mass is 16.6. The molecule has 0 amide bonds. The summed E-state index contributed by atoms with van der Waals surface area (Å²) in [6.07, 6.45) is 1.10. The molecule has 1 rings (SSSR count). The first kappa shape index (κ1) is 17.8. The van der Waals surface area contributed by atoms with Crippen molar-refractivity contribution in [2.24, 2.45) is 5.41 Å². The van der Waals surface area contributed by atoms with E-state index in [1.807, 2.05) is 0 Å². The molecule has 0 atom stereocenters. The first-order valence-corrected chi connectivity index (χ1v) is 7.32. The SMILES string of the molecule is CCC1(COCCOCCOCCOCCO)COC1. The van der Waals surface area contributed by atoms with E-state index in [9.17, 15) is 0 Å². The van der Waals surface area contributed by atoms with Crippen LogP contribution in [0.2, 0.25) is 0 Å². The van der Waals surface area contributed by atoms with Gasteiger partial charge >= 0.3 is 0 Å². The number of hydrogen-bond acceptors (Lipinski definition) is 6. The normalized spacial score (nSPS) is 17.1. The molecule has 0 bridgehead atoms. The van der Waals surface area contributed by atoms with Crippen LogP contribution in [0.25, 0.3) is 0 Å². The van der Waals surface area contributed by atoms with Gasteiger partial charge < -0.3 is 28.8 Å². The largest absolute Gasteiger partial charge is 0.394 e. The zero-order valence-corrected chi connectivity index (χ0v) is 12.5. The van der Waals surface area contributed by atoms with Crippen molar-refractivity contribution in [1.29, 1.82) is 0 Å². The van der Waals surface area contributed by atoms with Crippen LogP contribution in [0.5, 0.6) is 0 Å². The Morgan fingerprint density at radius 2 is 1.35 bits per heavy atom. The second-order valence-electron chi connectivity index (χ2n) is 4.96. The Labute approximate surface area is 121 Å². The van der Waals surface area contributed by atoms with Crippen LogP contribution in [0.1, 0.15) is 13.3 Å². The second-order valence-corrected chi connectivity index (χ2v) is 4.96. The Kier molecular flexibility index (Phi) is 10.2. The van der Waals surface area contributed by atoms with Crippen molar-refractivity contribution in [3.8, 4) is 0 Å². The Morgan fingerprint density at radius 3 is 1.75 bits per heavy atom. The van der Waals surface area contributed by atoms with E-state index >= 15 is 0 Å². The predicted octanol–water partition coefficient (Wildman–Crippen LogP) is 0.472. The third-order valence-corrected chi connectivity index (χ3v) is 3.33. The molecule has 120 valence electrons. The van der Waals surface area contributed by atoms with E-state index in [4.69, 9.17) is 28.8 Å². The summed E-state index contributed by atoms with van der Waals surface area (Å²) >= 11 is 0. The molecule has 0 spiro atoms. The van der Waals surface area contributed by atoms with Crippen LogP contribution in [0, 0.1) is 5.41 Å². The fourth-order valence-electron chi connectivity index (χ4n) is 1.79. The van der Waals surface area contributed by atoms with Crippen molar-refractivity contribution >= 4 is 0 Å². The fraction of sp³-hybridized carbons (Fsp3) is 1.00. The summed E-state index contributed by atoms with van der Waals surface area (Å²) in [6.45, 7) is 8.31. The molecular weight excluding hydrogens is 264 g/mol. The molecule has 1 aliphatic rings. The van der Waals surface area contributed by atoms with Crippen molar-refractivity contribution in [3.63, 3.8) is 0 Å². The van der Waals surface area contributed by atoms with Gasteiger partial charge in [0, 0.05) is 5.41 Å². The topological polar surface area (TPSA) is 66.4 Å². The molecule has 1 N–H and O–H groups in total. The van der Waals surface area contributed by atoms with Gasteiger partial charge in [0.25, 0.3) is 0 Å². The summed E-state index contributed by atoms with van der Waals surface area (Å²) in [6, 6.07) is 0. The molecule has 0 aromatic rings. The molecule has 1 aliphatic heterocycles. The average molecular weight is 292 g/mol. The Morgan fingerprint density at radius 1 is 0.850 bits per heavy atom. The standard InChI is InChI=1S/C14H28O6/c1-2-14(12-20-13-14)11-19-10-9-18-8-7-17-6-5-16-4-3-15/h15H,2-13H2,1H3. The van der Waals surface area contributed by atoms with Crippen molar-refractivity contribution in [2.75, 3.05) is 72.7 Å². The van der Waals surface area contributed by atoms with E-state index in [0.29, 0.717) is 46.2 Å². The molecular formula is C14H28O6. The van der Waals surface area contributed by atoms with Crippen molar-refractivity contribution in [1.82, 2.24) is 0 Å². The van der Waals surface area contributed by atoms with E-state index in [1.54, 1.807) is 0 Å². The quantitative estimate of drug-likeness (QED) is 0.470. The van der Waals surface area contributed by atoms with Crippen molar-refractivity contribution in [2.45, 2.75) is 13.3 Å². The van der Waals surface area contributed by atoms with Gasteiger partial charge in [0.05, 0.1) is 72.7 Å². The minimum atomic E-state index is 0.0502. The summed E-state index contributed by atoms with van der Waals surface area (Å²) in [5.74, 6) is 0. The maximum atomic E-state index is 8.49. The second kappa shape index (κ2) is 11.4. The maximum absolute atomic E-state index is 8.49. The summed E-state index contributed by atoms with van der Waals surface area (Å²) in [7, 11) is 0. The van der Waals surface area contributed by atoms with Gasteiger partial charge in [0.2, 0.25) is 0 Å². The maximum Gasteiger partial charge on any atom is 0.0701 e. The van der Waals surface area contributed by atoms with E-state index < -0.39 is 0 Å². The summed E-state index contributed by atoms with van der Waals surface area (Å²) in [5, 5.41) is 8.49. The van der Waals surface area contributed by atoms with Crippen LogP contribution >= 0.6 is 0 Å². The van der Waals surface area contributed by atoms with Gasteiger partial charge in [-0.3, -0.25) is 0 Å². The minimum absolute atomic E-state index is 0.0502. The molecule has 0 saturated carbocycles. The molecule has 6 heteroatoms. The summed E-state index contributed by atoms with van der Waals surface area (Å²) in [5.41, 5.74) is 0.248.